The highest BCUT2D eigenvalue weighted by molar-refractivity contribution is 5.87. The summed E-state index contributed by atoms with van der Waals surface area (Å²) < 4.78 is 5.88. The minimum absolute atomic E-state index is 0.361. The predicted octanol–water partition coefficient (Wildman–Crippen LogP) is 8.41. The average molecular weight is 428 g/mol. The van der Waals surface area contributed by atoms with Gasteiger partial charge in [-0.15, -0.1) is 6.58 Å². The Labute approximate surface area is 194 Å². The Morgan fingerprint density at radius 3 is 2.62 bits per heavy atom. The molecule has 0 spiro atoms. The van der Waals surface area contributed by atoms with Crippen molar-refractivity contribution in [2.45, 2.75) is 64.9 Å². The predicted molar refractivity (Wildman–Crippen MR) is 139 cm³/mol. The van der Waals surface area contributed by atoms with Crippen molar-refractivity contribution in [3.05, 3.63) is 84.6 Å². The van der Waals surface area contributed by atoms with Crippen LogP contribution in [-0.2, 0) is 11.2 Å². The van der Waals surface area contributed by atoms with E-state index in [-0.39, 0.29) is 0 Å². The molecule has 2 heteroatoms. The van der Waals surface area contributed by atoms with Gasteiger partial charge in [0.15, 0.2) is 0 Å². The number of pyridine rings is 1. The summed E-state index contributed by atoms with van der Waals surface area (Å²) in [6, 6.07) is 17.4. The summed E-state index contributed by atoms with van der Waals surface area (Å²) in [6.07, 6.45) is 16.7. The largest absolute Gasteiger partial charge is 0.379 e. The van der Waals surface area contributed by atoms with Crippen LogP contribution in [0, 0.1) is 0 Å². The summed E-state index contributed by atoms with van der Waals surface area (Å²) in [4.78, 5) is 4.70. The van der Waals surface area contributed by atoms with Crippen molar-refractivity contribution >= 4 is 16.8 Å². The standard InChI is InChI=1S/C30H37NO/c1-4-6-10-20-32-24(3)12-8-7-9-13-26-16-19-28-22-30(31-23-29(28)21-26)27-17-14-25(11-5-2)15-18-27/h5,9,13-19,21-24H,2,4,6-8,10-12,20H2,1,3H3. The molecule has 0 aliphatic heterocycles. The van der Waals surface area contributed by atoms with Gasteiger partial charge in [-0.1, -0.05) is 74.4 Å². The molecule has 1 unspecified atom stereocenters. The quantitative estimate of drug-likeness (QED) is 0.202. The molecule has 0 N–H and O–H groups in total. The lowest BCUT2D eigenvalue weighted by molar-refractivity contribution is 0.0566. The van der Waals surface area contributed by atoms with E-state index in [1.165, 1.54) is 41.2 Å². The monoisotopic (exact) mass is 427 g/mol. The molecule has 0 aliphatic rings. The minimum Gasteiger partial charge on any atom is -0.379 e. The van der Waals surface area contributed by atoms with Gasteiger partial charge >= 0.3 is 0 Å². The first-order chi connectivity index (χ1) is 15.7. The third kappa shape index (κ3) is 7.46. The molecule has 3 rings (SSSR count). The second kappa shape index (κ2) is 13.0. The molecule has 0 saturated heterocycles. The zero-order chi connectivity index (χ0) is 22.6. The molecule has 0 amide bonds. The van der Waals surface area contributed by atoms with Gasteiger partial charge in [0.25, 0.3) is 0 Å². The highest BCUT2D eigenvalue weighted by Crippen LogP contribution is 2.24. The van der Waals surface area contributed by atoms with Crippen LogP contribution in [-0.4, -0.2) is 17.7 Å². The summed E-state index contributed by atoms with van der Waals surface area (Å²) in [6.45, 7) is 9.12. The second-order valence-corrected chi connectivity index (χ2v) is 8.59. The number of ether oxygens (including phenoxy) is 1. The Hall–Kier alpha value is -2.71. The molecule has 0 radical (unpaired) electrons. The lowest BCUT2D eigenvalue weighted by Crippen LogP contribution is -2.08. The van der Waals surface area contributed by atoms with E-state index >= 15 is 0 Å². The molecule has 0 fully saturated rings. The van der Waals surface area contributed by atoms with Crippen molar-refractivity contribution in [1.29, 1.82) is 0 Å². The van der Waals surface area contributed by atoms with E-state index in [2.05, 4.69) is 81.1 Å². The SMILES string of the molecule is C=CCc1ccc(-c2cc3ccc(C=CCCCC(C)OCCCCC)cc3cn2)cc1. The van der Waals surface area contributed by atoms with Crippen LogP contribution >= 0.6 is 0 Å². The first kappa shape index (κ1) is 23.9. The molecule has 3 aromatic rings. The van der Waals surface area contributed by atoms with Crippen molar-refractivity contribution in [2.24, 2.45) is 0 Å². The number of fused-ring (bicyclic) bond motifs is 1. The average Bonchev–Trinajstić information content (AvgIpc) is 2.82. The lowest BCUT2D eigenvalue weighted by Gasteiger charge is -2.12. The van der Waals surface area contributed by atoms with Crippen LogP contribution in [0.15, 0.2) is 73.5 Å². The lowest BCUT2D eigenvalue weighted by atomic mass is 10.0. The summed E-state index contributed by atoms with van der Waals surface area (Å²) in [5.41, 5.74) is 4.66. The maximum atomic E-state index is 5.88. The maximum absolute atomic E-state index is 5.88. The summed E-state index contributed by atoms with van der Waals surface area (Å²) in [5, 5.41) is 2.39. The van der Waals surface area contributed by atoms with E-state index in [0.717, 1.165) is 43.5 Å². The number of unbranched alkanes of at least 4 members (excludes halogenated alkanes) is 3. The van der Waals surface area contributed by atoms with Crippen LogP contribution in [0.3, 0.4) is 0 Å². The molecule has 1 atom stereocenters. The van der Waals surface area contributed by atoms with Crippen molar-refractivity contribution in [3.63, 3.8) is 0 Å². The molecule has 0 aliphatic carbocycles. The highest BCUT2D eigenvalue weighted by atomic mass is 16.5. The fraction of sp³-hybridized carbons (Fsp3) is 0.367. The molecule has 1 heterocycles. The molecule has 0 bridgehead atoms. The molecule has 2 aromatic carbocycles. The van der Waals surface area contributed by atoms with Gasteiger partial charge in [0.1, 0.15) is 0 Å². The third-order valence-electron chi connectivity index (χ3n) is 5.82. The van der Waals surface area contributed by atoms with Crippen LogP contribution in [0.4, 0.5) is 0 Å². The second-order valence-electron chi connectivity index (χ2n) is 8.59. The van der Waals surface area contributed by atoms with Crippen molar-refractivity contribution in [2.75, 3.05) is 6.61 Å². The number of rotatable bonds is 13. The Kier molecular flexibility index (Phi) is 9.71. The summed E-state index contributed by atoms with van der Waals surface area (Å²) >= 11 is 0. The molecule has 1 aromatic heterocycles. The molecule has 2 nitrogen and oxygen atoms in total. The Balaban J connectivity index is 1.52. The number of aromatic nitrogens is 1. The molecular weight excluding hydrogens is 390 g/mol. The molecule has 0 saturated carbocycles. The first-order valence-corrected chi connectivity index (χ1v) is 12.1. The van der Waals surface area contributed by atoms with E-state index in [1.807, 2.05) is 12.3 Å². The fourth-order valence-corrected chi connectivity index (χ4v) is 3.86. The van der Waals surface area contributed by atoms with Gasteiger partial charge in [-0.05, 0) is 67.7 Å². The van der Waals surface area contributed by atoms with Gasteiger partial charge in [0.2, 0.25) is 0 Å². The normalized spacial score (nSPS) is 12.4. The van der Waals surface area contributed by atoms with Gasteiger partial charge in [0.05, 0.1) is 11.8 Å². The first-order valence-electron chi connectivity index (χ1n) is 12.1. The number of nitrogens with zero attached hydrogens (tertiary/aromatic N) is 1. The van der Waals surface area contributed by atoms with Gasteiger partial charge in [0, 0.05) is 23.8 Å². The van der Waals surface area contributed by atoms with Crippen molar-refractivity contribution in [3.8, 4) is 11.3 Å². The molecular formula is C30H37NO. The third-order valence-corrected chi connectivity index (χ3v) is 5.82. The smallest absolute Gasteiger partial charge is 0.0708 e. The van der Waals surface area contributed by atoms with Crippen LogP contribution in [0.5, 0.6) is 0 Å². The minimum atomic E-state index is 0.361. The molecule has 168 valence electrons. The van der Waals surface area contributed by atoms with Crippen LogP contribution in [0.2, 0.25) is 0 Å². The highest BCUT2D eigenvalue weighted by Gasteiger charge is 2.03. The zero-order valence-corrected chi connectivity index (χ0v) is 19.7. The van der Waals surface area contributed by atoms with Crippen LogP contribution < -0.4 is 0 Å². The molecule has 32 heavy (non-hydrogen) atoms. The van der Waals surface area contributed by atoms with E-state index < -0.39 is 0 Å². The Bertz CT molecular complexity index is 1000. The van der Waals surface area contributed by atoms with Crippen molar-refractivity contribution < 1.29 is 4.74 Å². The van der Waals surface area contributed by atoms with Gasteiger partial charge in [-0.2, -0.15) is 0 Å². The van der Waals surface area contributed by atoms with Crippen molar-refractivity contribution in [1.82, 2.24) is 4.98 Å². The van der Waals surface area contributed by atoms with Gasteiger partial charge in [-0.3, -0.25) is 4.98 Å². The van der Waals surface area contributed by atoms with E-state index in [4.69, 9.17) is 9.72 Å². The Morgan fingerprint density at radius 1 is 1.00 bits per heavy atom. The number of allylic oxidation sites excluding steroid dienone is 2. The zero-order valence-electron chi connectivity index (χ0n) is 19.7. The summed E-state index contributed by atoms with van der Waals surface area (Å²) in [7, 11) is 0. The maximum Gasteiger partial charge on any atom is 0.0708 e. The number of benzene rings is 2. The Morgan fingerprint density at radius 2 is 1.84 bits per heavy atom. The summed E-state index contributed by atoms with van der Waals surface area (Å²) in [5.74, 6) is 0. The topological polar surface area (TPSA) is 22.1 Å². The van der Waals surface area contributed by atoms with Gasteiger partial charge in [-0.25, -0.2) is 0 Å². The van der Waals surface area contributed by atoms with Crippen LogP contribution in [0.1, 0.15) is 63.5 Å². The van der Waals surface area contributed by atoms with E-state index in [1.54, 1.807) is 0 Å². The van der Waals surface area contributed by atoms with Crippen LogP contribution in [0.25, 0.3) is 28.1 Å². The number of hydrogen-bond acceptors (Lipinski definition) is 2. The van der Waals surface area contributed by atoms with Gasteiger partial charge < -0.3 is 4.74 Å². The van der Waals surface area contributed by atoms with E-state index in [9.17, 15) is 0 Å². The van der Waals surface area contributed by atoms with E-state index in [0.29, 0.717) is 6.10 Å². The fourth-order valence-electron chi connectivity index (χ4n) is 3.86. The number of hydrogen-bond donors (Lipinski definition) is 0.